The Hall–Kier alpha value is -1.02. The molecule has 1 saturated heterocycles. The van der Waals surface area contributed by atoms with Crippen LogP contribution in [-0.4, -0.2) is 12.1 Å². The van der Waals surface area contributed by atoms with Gasteiger partial charge in [-0.1, -0.05) is 12.1 Å². The third-order valence-electron chi connectivity index (χ3n) is 3.25. The highest BCUT2D eigenvalue weighted by Crippen LogP contribution is 2.30. The summed E-state index contributed by atoms with van der Waals surface area (Å²) in [7, 11) is 0. The van der Waals surface area contributed by atoms with Gasteiger partial charge in [-0.2, -0.15) is 0 Å². The van der Waals surface area contributed by atoms with E-state index in [0.29, 0.717) is 18.0 Å². The average Bonchev–Trinajstić information content (AvgIpc) is 2.17. The van der Waals surface area contributed by atoms with E-state index in [1.807, 2.05) is 12.1 Å². The maximum absolute atomic E-state index is 5.70. The number of hydrogen-bond acceptors (Lipinski definition) is 2. The highest BCUT2D eigenvalue weighted by molar-refractivity contribution is 5.40. The number of nitrogens with two attached hydrogens (primary N) is 1. The molecule has 1 aromatic carbocycles. The van der Waals surface area contributed by atoms with Gasteiger partial charge in [0.15, 0.2) is 0 Å². The Balaban J connectivity index is 2.12. The zero-order valence-electron chi connectivity index (χ0n) is 9.53. The summed E-state index contributed by atoms with van der Waals surface area (Å²) in [4.78, 5) is 0. The van der Waals surface area contributed by atoms with Crippen LogP contribution in [0.5, 0.6) is 0 Å². The molecule has 2 rings (SSSR count). The third-order valence-corrected chi connectivity index (χ3v) is 3.25. The lowest BCUT2D eigenvalue weighted by molar-refractivity contribution is 0.317. The molecule has 2 unspecified atom stereocenters. The largest absolute Gasteiger partial charge is 0.399 e. The van der Waals surface area contributed by atoms with Gasteiger partial charge in [0.25, 0.3) is 0 Å². The Morgan fingerprint density at radius 2 is 1.60 bits per heavy atom. The van der Waals surface area contributed by atoms with E-state index in [4.69, 9.17) is 5.73 Å². The summed E-state index contributed by atoms with van der Waals surface area (Å²) in [6, 6.07) is 9.60. The maximum atomic E-state index is 5.70. The average molecular weight is 204 g/mol. The predicted molar refractivity (Wildman–Crippen MR) is 64.9 cm³/mol. The molecular formula is C13H20N2. The Kier molecular flexibility index (Phi) is 2.96. The van der Waals surface area contributed by atoms with Gasteiger partial charge in [-0.15, -0.1) is 0 Å². The van der Waals surface area contributed by atoms with Crippen molar-refractivity contribution in [3.8, 4) is 0 Å². The van der Waals surface area contributed by atoms with Crippen LogP contribution >= 0.6 is 0 Å². The first kappa shape index (κ1) is 10.5. The summed E-state index contributed by atoms with van der Waals surface area (Å²) >= 11 is 0. The number of piperidine rings is 1. The Labute approximate surface area is 91.9 Å². The van der Waals surface area contributed by atoms with Crippen LogP contribution in [0.15, 0.2) is 24.3 Å². The molecule has 1 aromatic rings. The van der Waals surface area contributed by atoms with Gasteiger partial charge in [-0.25, -0.2) is 0 Å². The standard InChI is InChI=1S/C13H20N2/c1-9-7-12(8-10(2)15-9)11-3-5-13(14)6-4-11/h3-6,9-10,12,15H,7-8,14H2,1-2H3. The maximum Gasteiger partial charge on any atom is 0.0314 e. The first-order chi connectivity index (χ1) is 7.15. The van der Waals surface area contributed by atoms with Crippen molar-refractivity contribution in [1.29, 1.82) is 0 Å². The topological polar surface area (TPSA) is 38.0 Å². The molecule has 1 heterocycles. The second-order valence-electron chi connectivity index (χ2n) is 4.80. The quantitative estimate of drug-likeness (QED) is 0.690. The van der Waals surface area contributed by atoms with Crippen molar-refractivity contribution in [2.75, 3.05) is 5.73 Å². The molecule has 3 N–H and O–H groups in total. The van der Waals surface area contributed by atoms with E-state index in [-0.39, 0.29) is 0 Å². The van der Waals surface area contributed by atoms with E-state index in [1.54, 1.807) is 0 Å². The van der Waals surface area contributed by atoms with Gasteiger partial charge in [-0.3, -0.25) is 0 Å². The molecule has 1 fully saturated rings. The SMILES string of the molecule is CC1CC(c2ccc(N)cc2)CC(C)N1. The number of anilines is 1. The van der Waals surface area contributed by atoms with Gasteiger partial charge in [0.1, 0.15) is 0 Å². The molecule has 0 radical (unpaired) electrons. The number of hydrogen-bond donors (Lipinski definition) is 2. The molecule has 1 aliphatic rings. The fourth-order valence-corrected chi connectivity index (χ4v) is 2.61. The van der Waals surface area contributed by atoms with Crippen molar-refractivity contribution in [3.05, 3.63) is 29.8 Å². The molecule has 2 atom stereocenters. The predicted octanol–water partition coefficient (Wildman–Crippen LogP) is 2.51. The van der Waals surface area contributed by atoms with E-state index in [0.717, 1.165) is 5.69 Å². The second kappa shape index (κ2) is 4.23. The van der Waals surface area contributed by atoms with Gasteiger partial charge in [-0.05, 0) is 50.3 Å². The molecule has 15 heavy (non-hydrogen) atoms. The molecular weight excluding hydrogens is 184 g/mol. The molecule has 2 heteroatoms. The summed E-state index contributed by atoms with van der Waals surface area (Å²) in [6.45, 7) is 4.53. The van der Waals surface area contributed by atoms with Gasteiger partial charge < -0.3 is 11.1 Å². The van der Waals surface area contributed by atoms with Gasteiger partial charge in [0.2, 0.25) is 0 Å². The molecule has 0 aromatic heterocycles. The van der Waals surface area contributed by atoms with Crippen molar-refractivity contribution in [3.63, 3.8) is 0 Å². The third kappa shape index (κ3) is 2.51. The van der Waals surface area contributed by atoms with Crippen LogP contribution in [0.4, 0.5) is 5.69 Å². The number of rotatable bonds is 1. The second-order valence-corrected chi connectivity index (χ2v) is 4.80. The van der Waals surface area contributed by atoms with Gasteiger partial charge in [0.05, 0.1) is 0 Å². The van der Waals surface area contributed by atoms with Crippen LogP contribution in [-0.2, 0) is 0 Å². The van der Waals surface area contributed by atoms with E-state index in [1.165, 1.54) is 18.4 Å². The fourth-order valence-electron chi connectivity index (χ4n) is 2.61. The molecule has 0 spiro atoms. The van der Waals surface area contributed by atoms with E-state index in [2.05, 4.69) is 31.3 Å². The minimum absolute atomic E-state index is 0.622. The minimum atomic E-state index is 0.622. The zero-order chi connectivity index (χ0) is 10.8. The molecule has 0 saturated carbocycles. The summed E-state index contributed by atoms with van der Waals surface area (Å²) in [5.41, 5.74) is 7.99. The lowest BCUT2D eigenvalue weighted by Crippen LogP contribution is -2.41. The lowest BCUT2D eigenvalue weighted by Gasteiger charge is -2.33. The molecule has 2 nitrogen and oxygen atoms in total. The van der Waals surface area contributed by atoms with Crippen LogP contribution in [0.3, 0.4) is 0 Å². The molecule has 0 aliphatic carbocycles. The van der Waals surface area contributed by atoms with Crippen LogP contribution in [0.2, 0.25) is 0 Å². The molecule has 0 amide bonds. The molecule has 1 aliphatic heterocycles. The summed E-state index contributed by atoms with van der Waals surface area (Å²) in [5.74, 6) is 0.692. The van der Waals surface area contributed by atoms with Crippen LogP contribution in [0.25, 0.3) is 0 Å². The van der Waals surface area contributed by atoms with Crippen molar-refractivity contribution in [1.82, 2.24) is 5.32 Å². The van der Waals surface area contributed by atoms with E-state index < -0.39 is 0 Å². The first-order valence-corrected chi connectivity index (χ1v) is 5.76. The summed E-state index contributed by atoms with van der Waals surface area (Å²) in [6.07, 6.45) is 2.46. The Morgan fingerprint density at radius 3 is 2.13 bits per heavy atom. The van der Waals surface area contributed by atoms with Crippen molar-refractivity contribution in [2.45, 2.75) is 44.7 Å². The van der Waals surface area contributed by atoms with Crippen LogP contribution in [0, 0.1) is 0 Å². The molecule has 82 valence electrons. The Bertz CT molecular complexity index is 308. The lowest BCUT2D eigenvalue weighted by atomic mass is 9.84. The summed E-state index contributed by atoms with van der Waals surface area (Å²) in [5, 5.41) is 3.57. The van der Waals surface area contributed by atoms with Crippen molar-refractivity contribution >= 4 is 5.69 Å². The zero-order valence-corrected chi connectivity index (χ0v) is 9.53. The fraction of sp³-hybridized carbons (Fsp3) is 0.538. The number of nitrogen functional groups attached to an aromatic ring is 1. The van der Waals surface area contributed by atoms with Crippen LogP contribution in [0.1, 0.15) is 38.2 Å². The first-order valence-electron chi connectivity index (χ1n) is 5.76. The number of benzene rings is 1. The summed E-state index contributed by atoms with van der Waals surface area (Å²) < 4.78 is 0. The van der Waals surface area contributed by atoms with Crippen molar-refractivity contribution < 1.29 is 0 Å². The molecule has 0 bridgehead atoms. The van der Waals surface area contributed by atoms with E-state index >= 15 is 0 Å². The highest BCUT2D eigenvalue weighted by atomic mass is 14.9. The van der Waals surface area contributed by atoms with Gasteiger partial charge >= 0.3 is 0 Å². The normalized spacial score (nSPS) is 31.5. The monoisotopic (exact) mass is 204 g/mol. The highest BCUT2D eigenvalue weighted by Gasteiger charge is 2.23. The minimum Gasteiger partial charge on any atom is -0.399 e. The van der Waals surface area contributed by atoms with E-state index in [9.17, 15) is 0 Å². The van der Waals surface area contributed by atoms with Gasteiger partial charge in [0, 0.05) is 17.8 Å². The number of nitrogens with one attached hydrogen (secondary N) is 1. The van der Waals surface area contributed by atoms with Crippen molar-refractivity contribution in [2.24, 2.45) is 0 Å². The Morgan fingerprint density at radius 1 is 1.07 bits per heavy atom. The smallest absolute Gasteiger partial charge is 0.0314 e. The van der Waals surface area contributed by atoms with Crippen LogP contribution < -0.4 is 11.1 Å².